The predicted octanol–water partition coefficient (Wildman–Crippen LogP) is 0.561. The third kappa shape index (κ3) is 2.80. The van der Waals surface area contributed by atoms with E-state index in [1.807, 2.05) is 0 Å². The van der Waals surface area contributed by atoms with Crippen LogP contribution in [-0.2, 0) is 19.4 Å². The van der Waals surface area contributed by atoms with E-state index in [2.05, 4.69) is 4.98 Å². The first-order chi connectivity index (χ1) is 10.1. The van der Waals surface area contributed by atoms with E-state index in [9.17, 15) is 35.6 Å². The topological polar surface area (TPSA) is 84.4 Å². The summed E-state index contributed by atoms with van der Waals surface area (Å²) >= 11 is 0. The smallest absolute Gasteiger partial charge is 0.253 e. The van der Waals surface area contributed by atoms with Gasteiger partial charge in [-0.2, -0.15) is 13.8 Å². The fourth-order valence-corrected chi connectivity index (χ4v) is 3.27. The van der Waals surface area contributed by atoms with Crippen LogP contribution in [0.25, 0.3) is 0 Å². The van der Waals surface area contributed by atoms with Crippen molar-refractivity contribution in [1.29, 1.82) is 0 Å². The fraction of sp³-hybridized carbons (Fsp3) is 0.364. The second-order valence-electron chi connectivity index (χ2n) is 4.41. The molecule has 0 N–H and O–H groups in total. The Kier molecular flexibility index (Phi) is 4.18. The Bertz CT molecular complexity index is 724. The van der Waals surface area contributed by atoms with Crippen molar-refractivity contribution in [3.05, 3.63) is 23.5 Å². The van der Waals surface area contributed by atoms with Gasteiger partial charge in [-0.15, -0.1) is 0 Å². The van der Waals surface area contributed by atoms with Crippen LogP contribution in [0.5, 0.6) is 0 Å². The summed E-state index contributed by atoms with van der Waals surface area (Å²) in [6.07, 6.45) is -0.194. The lowest BCUT2D eigenvalue weighted by Crippen LogP contribution is -2.34. The Morgan fingerprint density at radius 2 is 1.41 bits per heavy atom. The summed E-state index contributed by atoms with van der Waals surface area (Å²) in [4.78, 5) is 23.7. The molecule has 0 radical (unpaired) electrons. The number of carbonyl (C=O) groups is 2. The number of nitrogens with zero attached hydrogens (tertiary/aromatic N) is 2. The summed E-state index contributed by atoms with van der Waals surface area (Å²) in [5.74, 6) is -10.9. The van der Waals surface area contributed by atoms with Crippen molar-refractivity contribution in [2.45, 2.75) is 17.7 Å². The van der Waals surface area contributed by atoms with Crippen LogP contribution in [0.1, 0.15) is 12.8 Å². The second kappa shape index (κ2) is 5.63. The van der Waals surface area contributed by atoms with Crippen LogP contribution < -0.4 is 0 Å². The average Bonchev–Trinajstić information content (AvgIpc) is 2.74. The molecule has 2 rings (SSSR count). The highest BCUT2D eigenvalue weighted by molar-refractivity contribution is 7.91. The van der Waals surface area contributed by atoms with Gasteiger partial charge in [0, 0.05) is 19.4 Å². The molecule has 0 bridgehead atoms. The van der Waals surface area contributed by atoms with Crippen LogP contribution in [0.15, 0.2) is 4.90 Å². The number of likely N-dealkylation sites (tertiary alicyclic amines) is 1. The maximum absolute atomic E-state index is 13.4. The number of carbonyl (C=O) groups excluding carboxylic acids is 2. The molecule has 1 aromatic heterocycles. The van der Waals surface area contributed by atoms with E-state index >= 15 is 0 Å². The molecule has 2 amide bonds. The predicted molar refractivity (Wildman–Crippen MR) is 62.1 cm³/mol. The summed E-state index contributed by atoms with van der Waals surface area (Å²) < 4.78 is 76.4. The van der Waals surface area contributed by atoms with Crippen LogP contribution in [0.3, 0.4) is 0 Å². The van der Waals surface area contributed by atoms with Gasteiger partial charge in [-0.05, 0) is 0 Å². The van der Waals surface area contributed by atoms with Crippen molar-refractivity contribution in [2.75, 3.05) is 12.3 Å². The highest BCUT2D eigenvalue weighted by Crippen LogP contribution is 2.23. The zero-order chi connectivity index (χ0) is 16.7. The second-order valence-corrected chi connectivity index (χ2v) is 6.45. The lowest BCUT2D eigenvalue weighted by molar-refractivity contribution is -0.137. The summed E-state index contributed by atoms with van der Waals surface area (Å²) in [7, 11) is -4.82. The average molecular weight is 340 g/mol. The molecule has 0 aliphatic carbocycles. The van der Waals surface area contributed by atoms with Crippen molar-refractivity contribution in [1.82, 2.24) is 9.88 Å². The third-order valence-electron chi connectivity index (χ3n) is 3.01. The summed E-state index contributed by atoms with van der Waals surface area (Å²) in [6.45, 7) is -0.662. The van der Waals surface area contributed by atoms with Crippen LogP contribution in [0.4, 0.5) is 17.6 Å². The molecule has 2 heterocycles. The molecule has 0 aromatic carbocycles. The Morgan fingerprint density at radius 1 is 0.955 bits per heavy atom. The van der Waals surface area contributed by atoms with E-state index in [1.165, 1.54) is 0 Å². The maximum atomic E-state index is 13.4. The van der Waals surface area contributed by atoms with Gasteiger partial charge in [0.25, 0.3) is 11.9 Å². The van der Waals surface area contributed by atoms with Gasteiger partial charge in [-0.1, -0.05) is 0 Å². The zero-order valence-electron chi connectivity index (χ0n) is 10.8. The molecular weight excluding hydrogens is 332 g/mol. The van der Waals surface area contributed by atoms with Crippen LogP contribution in [-0.4, -0.2) is 42.4 Å². The lowest BCUT2D eigenvalue weighted by atomic mass is 10.4. The molecule has 0 spiro atoms. The number of aromatic nitrogens is 1. The first-order valence-electron chi connectivity index (χ1n) is 5.91. The molecule has 1 fully saturated rings. The van der Waals surface area contributed by atoms with Crippen molar-refractivity contribution >= 4 is 21.7 Å². The van der Waals surface area contributed by atoms with Crippen molar-refractivity contribution in [3.63, 3.8) is 0 Å². The van der Waals surface area contributed by atoms with E-state index in [1.54, 1.807) is 0 Å². The first-order valence-corrected chi connectivity index (χ1v) is 7.56. The van der Waals surface area contributed by atoms with Crippen LogP contribution in [0, 0.1) is 23.5 Å². The Hall–Kier alpha value is -2.04. The van der Waals surface area contributed by atoms with E-state index in [0.717, 1.165) is 0 Å². The molecule has 6 nitrogen and oxygen atoms in total. The summed E-state index contributed by atoms with van der Waals surface area (Å²) in [6, 6.07) is 0. The van der Waals surface area contributed by atoms with E-state index < -0.39 is 62.4 Å². The van der Waals surface area contributed by atoms with Crippen molar-refractivity contribution in [2.24, 2.45) is 0 Å². The van der Waals surface area contributed by atoms with E-state index in [0.29, 0.717) is 4.90 Å². The SMILES string of the molecule is O=C1CCC(=O)N1CCS(=O)(=O)c1c(F)c(F)nc(F)c1F. The lowest BCUT2D eigenvalue weighted by Gasteiger charge is -2.14. The Labute approximate surface area is 121 Å². The van der Waals surface area contributed by atoms with Gasteiger partial charge < -0.3 is 0 Å². The molecule has 120 valence electrons. The number of halogens is 4. The fourth-order valence-electron chi connectivity index (χ4n) is 1.93. The van der Waals surface area contributed by atoms with Gasteiger partial charge in [0.1, 0.15) is 4.90 Å². The maximum Gasteiger partial charge on any atom is 0.253 e. The quantitative estimate of drug-likeness (QED) is 0.454. The van der Waals surface area contributed by atoms with E-state index in [4.69, 9.17) is 0 Å². The van der Waals surface area contributed by atoms with Gasteiger partial charge in [0.05, 0.1) is 5.75 Å². The van der Waals surface area contributed by atoms with Gasteiger partial charge in [-0.25, -0.2) is 17.2 Å². The highest BCUT2D eigenvalue weighted by atomic mass is 32.2. The molecule has 0 atom stereocenters. The molecule has 11 heteroatoms. The number of hydrogen-bond donors (Lipinski definition) is 0. The van der Waals surface area contributed by atoms with Crippen molar-refractivity contribution < 1.29 is 35.6 Å². The minimum absolute atomic E-state index is 0.0971. The van der Waals surface area contributed by atoms with Gasteiger partial charge in [-0.3, -0.25) is 14.5 Å². The van der Waals surface area contributed by atoms with Crippen LogP contribution in [0.2, 0.25) is 0 Å². The number of amides is 2. The van der Waals surface area contributed by atoms with Gasteiger partial charge in [0.2, 0.25) is 11.8 Å². The van der Waals surface area contributed by atoms with Crippen molar-refractivity contribution in [3.8, 4) is 0 Å². The molecule has 0 saturated carbocycles. The number of hydrogen-bond acceptors (Lipinski definition) is 5. The Balaban J connectivity index is 2.32. The monoisotopic (exact) mass is 340 g/mol. The molecule has 0 unspecified atom stereocenters. The molecule has 1 aromatic rings. The summed E-state index contributed by atoms with van der Waals surface area (Å²) in [5, 5.41) is 0. The molecular formula is C11H8F4N2O4S. The Morgan fingerprint density at radius 3 is 1.86 bits per heavy atom. The van der Waals surface area contributed by atoms with Crippen LogP contribution >= 0.6 is 0 Å². The minimum Gasteiger partial charge on any atom is -0.282 e. The van der Waals surface area contributed by atoms with Gasteiger partial charge in [0.15, 0.2) is 21.5 Å². The number of sulfone groups is 1. The molecule has 1 aliphatic rings. The minimum atomic E-state index is -4.82. The van der Waals surface area contributed by atoms with Gasteiger partial charge >= 0.3 is 0 Å². The van der Waals surface area contributed by atoms with E-state index in [-0.39, 0.29) is 12.8 Å². The molecule has 22 heavy (non-hydrogen) atoms. The number of imide groups is 1. The molecule has 1 saturated heterocycles. The normalized spacial score (nSPS) is 15.7. The third-order valence-corrected chi connectivity index (χ3v) is 4.71. The first kappa shape index (κ1) is 16.3. The number of rotatable bonds is 4. The number of pyridine rings is 1. The highest BCUT2D eigenvalue weighted by Gasteiger charge is 2.34. The zero-order valence-corrected chi connectivity index (χ0v) is 11.6. The standard InChI is InChI=1S/C11H8F4N2O4S/c12-7-9(8(13)11(15)16-10(7)14)22(20,21)4-3-17-5(18)1-2-6(17)19/h1-4H2. The molecule has 1 aliphatic heterocycles. The summed E-state index contributed by atoms with van der Waals surface area (Å²) in [5.41, 5.74) is 0. The largest absolute Gasteiger partial charge is 0.282 e.